The number of aryl methyl sites for hydroxylation is 3. The van der Waals surface area contributed by atoms with Crippen LogP contribution in [0, 0.1) is 13.8 Å². The maximum atomic E-state index is 13.6. The number of thiophene rings is 1. The summed E-state index contributed by atoms with van der Waals surface area (Å²) in [5.41, 5.74) is 4.67. The third-order valence-electron chi connectivity index (χ3n) is 5.63. The molecule has 1 N–H and O–H groups in total. The van der Waals surface area contributed by atoms with Gasteiger partial charge in [0.1, 0.15) is 10.7 Å². The molecule has 0 aliphatic carbocycles. The molecule has 0 radical (unpaired) electrons. The van der Waals surface area contributed by atoms with Crippen molar-refractivity contribution in [3.8, 4) is 16.9 Å². The van der Waals surface area contributed by atoms with Crippen LogP contribution < -0.4 is 15.7 Å². The summed E-state index contributed by atoms with van der Waals surface area (Å²) in [5, 5.41) is 2.63. The summed E-state index contributed by atoms with van der Waals surface area (Å²) in [7, 11) is 0. The predicted molar refractivity (Wildman–Crippen MR) is 130 cm³/mol. The first-order valence-corrected chi connectivity index (χ1v) is 11.7. The van der Waals surface area contributed by atoms with E-state index >= 15 is 0 Å². The zero-order valence-corrected chi connectivity index (χ0v) is 19.6. The Labute approximate surface area is 190 Å². The van der Waals surface area contributed by atoms with Crippen LogP contribution in [-0.2, 0) is 13.0 Å². The van der Waals surface area contributed by atoms with Gasteiger partial charge >= 0.3 is 0 Å². The van der Waals surface area contributed by atoms with Gasteiger partial charge in [-0.25, -0.2) is 4.98 Å². The van der Waals surface area contributed by atoms with Gasteiger partial charge in [0.25, 0.3) is 5.56 Å². The molecule has 0 bridgehead atoms. The molecule has 0 aliphatic heterocycles. The molecule has 7 heteroatoms. The number of H-pyrrole nitrogens is 1. The number of aromatic nitrogens is 3. The summed E-state index contributed by atoms with van der Waals surface area (Å²) in [6, 6.07) is 7.74. The van der Waals surface area contributed by atoms with Crippen molar-refractivity contribution in [3.05, 3.63) is 79.1 Å². The number of hydrogen-bond donors (Lipinski definition) is 1. The molecule has 0 unspecified atom stereocenters. The summed E-state index contributed by atoms with van der Waals surface area (Å²) < 4.78 is 7.13. The average molecular weight is 450 g/mol. The first-order valence-electron chi connectivity index (χ1n) is 10.9. The minimum Gasteiger partial charge on any atom is -0.488 e. The summed E-state index contributed by atoms with van der Waals surface area (Å²) >= 11 is 1.49. The normalized spacial score (nSPS) is 11.2. The van der Waals surface area contributed by atoms with Gasteiger partial charge < -0.3 is 9.72 Å². The maximum absolute atomic E-state index is 13.6. The van der Waals surface area contributed by atoms with Crippen molar-refractivity contribution in [2.24, 2.45) is 0 Å². The fraction of sp³-hybridized carbons (Fsp3) is 0.320. The van der Waals surface area contributed by atoms with Crippen LogP contribution in [0.2, 0.25) is 0 Å². The third-order valence-corrected chi connectivity index (χ3v) is 6.51. The third kappa shape index (κ3) is 4.12. The van der Waals surface area contributed by atoms with E-state index in [1.165, 1.54) is 28.5 Å². The number of benzene rings is 1. The molecule has 1 aromatic carbocycles. The molecular formula is C25H27N3O3S. The Kier molecular flexibility index (Phi) is 6.28. The van der Waals surface area contributed by atoms with E-state index in [2.05, 4.69) is 31.0 Å². The van der Waals surface area contributed by atoms with Crippen LogP contribution in [0.15, 0.2) is 45.4 Å². The fourth-order valence-corrected chi connectivity index (χ4v) is 4.66. The molecule has 0 aliphatic rings. The van der Waals surface area contributed by atoms with Crippen molar-refractivity contribution >= 4 is 21.6 Å². The Balaban J connectivity index is 1.80. The lowest BCUT2D eigenvalue weighted by Gasteiger charge is -2.13. The summed E-state index contributed by atoms with van der Waals surface area (Å²) in [5.74, 6) is 0.991. The van der Waals surface area contributed by atoms with Crippen molar-refractivity contribution < 1.29 is 4.74 Å². The minimum absolute atomic E-state index is 0.0894. The zero-order valence-electron chi connectivity index (χ0n) is 18.8. The highest BCUT2D eigenvalue weighted by Gasteiger charge is 2.17. The lowest BCUT2D eigenvalue weighted by molar-refractivity contribution is 0.313. The number of nitrogens with zero attached hydrogens (tertiary/aromatic N) is 2. The Bertz CT molecular complexity index is 1400. The predicted octanol–water partition coefficient (Wildman–Crippen LogP) is 4.83. The first-order chi connectivity index (χ1) is 15.4. The SMILES string of the molecule is CCCOc1c[nH]c(Cn2c(CC)nc3scc(-c4ccc(C)c(C)c4)c3c2=O)cc1=O. The number of hydrogen-bond acceptors (Lipinski definition) is 5. The summed E-state index contributed by atoms with van der Waals surface area (Å²) in [6.45, 7) is 8.85. The Morgan fingerprint density at radius 1 is 1.12 bits per heavy atom. The van der Waals surface area contributed by atoms with Gasteiger partial charge in [0.15, 0.2) is 5.75 Å². The van der Waals surface area contributed by atoms with E-state index in [1.54, 1.807) is 10.8 Å². The summed E-state index contributed by atoms with van der Waals surface area (Å²) in [4.78, 5) is 34.7. The zero-order chi connectivity index (χ0) is 22.8. The van der Waals surface area contributed by atoms with Crippen LogP contribution in [-0.4, -0.2) is 21.1 Å². The van der Waals surface area contributed by atoms with E-state index in [9.17, 15) is 9.59 Å². The van der Waals surface area contributed by atoms with Gasteiger partial charge in [-0.1, -0.05) is 32.0 Å². The molecule has 3 aromatic heterocycles. The Hall–Kier alpha value is -3.19. The second-order valence-corrected chi connectivity index (χ2v) is 8.79. The molecule has 0 saturated heterocycles. The number of nitrogens with one attached hydrogen (secondary N) is 1. The molecule has 0 atom stereocenters. The van der Waals surface area contributed by atoms with Crippen LogP contribution in [0.4, 0.5) is 0 Å². The van der Waals surface area contributed by atoms with Crippen LogP contribution in [0.1, 0.15) is 42.9 Å². The van der Waals surface area contributed by atoms with E-state index in [0.29, 0.717) is 35.7 Å². The molecule has 6 nitrogen and oxygen atoms in total. The molecule has 166 valence electrons. The van der Waals surface area contributed by atoms with E-state index in [-0.39, 0.29) is 17.5 Å². The van der Waals surface area contributed by atoms with Gasteiger partial charge in [-0.2, -0.15) is 0 Å². The topological polar surface area (TPSA) is 77.0 Å². The molecule has 0 saturated carbocycles. The quantitative estimate of drug-likeness (QED) is 0.438. The number of aromatic amines is 1. The second kappa shape index (κ2) is 9.12. The van der Waals surface area contributed by atoms with Gasteiger partial charge in [0, 0.05) is 35.3 Å². The van der Waals surface area contributed by atoms with Crippen LogP contribution in [0.5, 0.6) is 5.75 Å². The van der Waals surface area contributed by atoms with Gasteiger partial charge in [0.2, 0.25) is 5.43 Å². The number of fused-ring (bicyclic) bond motifs is 1. The second-order valence-electron chi connectivity index (χ2n) is 7.94. The lowest BCUT2D eigenvalue weighted by atomic mass is 10.0. The van der Waals surface area contributed by atoms with Gasteiger partial charge in [-0.15, -0.1) is 11.3 Å². The lowest BCUT2D eigenvalue weighted by Crippen LogP contribution is -2.26. The highest BCUT2D eigenvalue weighted by molar-refractivity contribution is 7.17. The fourth-order valence-electron chi connectivity index (χ4n) is 3.71. The number of ether oxygens (including phenoxy) is 1. The van der Waals surface area contributed by atoms with E-state index < -0.39 is 0 Å². The largest absolute Gasteiger partial charge is 0.488 e. The number of rotatable bonds is 7. The average Bonchev–Trinajstić information content (AvgIpc) is 3.21. The first kappa shape index (κ1) is 22.0. The van der Waals surface area contributed by atoms with Crippen LogP contribution in [0.25, 0.3) is 21.3 Å². The highest BCUT2D eigenvalue weighted by atomic mass is 32.1. The van der Waals surface area contributed by atoms with Crippen molar-refractivity contribution in [1.82, 2.24) is 14.5 Å². The molecule has 0 amide bonds. The van der Waals surface area contributed by atoms with Gasteiger partial charge in [-0.05, 0) is 37.0 Å². The molecule has 3 heterocycles. The highest BCUT2D eigenvalue weighted by Crippen LogP contribution is 2.32. The van der Waals surface area contributed by atoms with Gasteiger partial charge in [-0.3, -0.25) is 14.2 Å². The van der Waals surface area contributed by atoms with Crippen molar-refractivity contribution in [3.63, 3.8) is 0 Å². The van der Waals surface area contributed by atoms with Crippen molar-refractivity contribution in [1.29, 1.82) is 0 Å². The monoisotopic (exact) mass is 449 g/mol. The van der Waals surface area contributed by atoms with Crippen molar-refractivity contribution in [2.75, 3.05) is 6.61 Å². The van der Waals surface area contributed by atoms with E-state index in [1.807, 2.05) is 25.3 Å². The molecule has 0 spiro atoms. The van der Waals surface area contributed by atoms with Crippen LogP contribution in [0.3, 0.4) is 0 Å². The van der Waals surface area contributed by atoms with E-state index in [0.717, 1.165) is 22.4 Å². The van der Waals surface area contributed by atoms with Crippen molar-refractivity contribution in [2.45, 2.75) is 47.1 Å². The smallest absolute Gasteiger partial charge is 0.263 e. The maximum Gasteiger partial charge on any atom is 0.263 e. The molecule has 32 heavy (non-hydrogen) atoms. The van der Waals surface area contributed by atoms with Gasteiger partial charge in [0.05, 0.1) is 18.5 Å². The number of pyridine rings is 1. The molecule has 4 rings (SSSR count). The Morgan fingerprint density at radius 3 is 2.62 bits per heavy atom. The molecular weight excluding hydrogens is 422 g/mol. The summed E-state index contributed by atoms with van der Waals surface area (Å²) in [6.07, 6.45) is 3.01. The van der Waals surface area contributed by atoms with E-state index in [4.69, 9.17) is 9.72 Å². The molecule has 0 fully saturated rings. The minimum atomic E-state index is -0.196. The standard InChI is InChI=1S/C25H27N3O3S/c1-5-9-31-21-12-26-18(11-20(21)29)13-28-22(6-2)27-24-23(25(28)30)19(14-32-24)17-8-7-15(3)16(4)10-17/h7-8,10-12,14H,5-6,9,13H2,1-4H3,(H,26,29). The Morgan fingerprint density at radius 2 is 1.94 bits per heavy atom. The van der Waals surface area contributed by atoms with Crippen LogP contribution >= 0.6 is 11.3 Å². The molecule has 4 aromatic rings.